The van der Waals surface area contributed by atoms with Crippen LogP contribution in [0.15, 0.2) is 29.3 Å². The van der Waals surface area contributed by atoms with E-state index in [1.165, 1.54) is 11.1 Å². The lowest BCUT2D eigenvalue weighted by molar-refractivity contribution is 0.818. The molecule has 0 aromatic heterocycles. The molecule has 0 unspecified atom stereocenters. The molecule has 1 aromatic carbocycles. The van der Waals surface area contributed by atoms with Gasteiger partial charge in [0.1, 0.15) is 5.84 Å². The molecule has 0 aliphatic carbocycles. The third kappa shape index (κ3) is 2.94. The van der Waals surface area contributed by atoms with Gasteiger partial charge in [-0.05, 0) is 12.6 Å². The van der Waals surface area contributed by atoms with Crippen LogP contribution in [0.3, 0.4) is 0 Å². The maximum Gasteiger partial charge on any atom is 0.128 e. The molecule has 2 rings (SSSR count). The van der Waals surface area contributed by atoms with Gasteiger partial charge in [0.25, 0.3) is 0 Å². The summed E-state index contributed by atoms with van der Waals surface area (Å²) in [5.41, 5.74) is 2.48. The summed E-state index contributed by atoms with van der Waals surface area (Å²) in [6.07, 6.45) is 0. The lowest BCUT2D eigenvalue weighted by Gasteiger charge is -2.04. The fourth-order valence-corrected chi connectivity index (χ4v) is 1.58. The van der Waals surface area contributed by atoms with Crippen molar-refractivity contribution in [2.45, 2.75) is 6.54 Å². The van der Waals surface area contributed by atoms with Crippen LogP contribution in [0, 0.1) is 0 Å². The van der Waals surface area contributed by atoms with Crippen LogP contribution in [-0.4, -0.2) is 26.0 Å². The summed E-state index contributed by atoms with van der Waals surface area (Å²) < 4.78 is 0. The van der Waals surface area contributed by atoms with Gasteiger partial charge in [0.2, 0.25) is 0 Å². The van der Waals surface area contributed by atoms with Crippen molar-refractivity contribution >= 4 is 18.2 Å². The molecule has 0 fully saturated rings. The van der Waals surface area contributed by atoms with Gasteiger partial charge in [0.05, 0.1) is 6.54 Å². The maximum atomic E-state index is 4.37. The average Bonchev–Trinajstić information content (AvgIpc) is 2.72. The lowest BCUT2D eigenvalue weighted by atomic mass is 10.1. The molecule has 15 heavy (non-hydrogen) atoms. The molecule has 1 aromatic rings. The molecule has 0 saturated heterocycles. The molecule has 82 valence electrons. The summed E-state index contributed by atoms with van der Waals surface area (Å²) in [6.45, 7) is 2.78. The second-order valence-electron chi connectivity index (χ2n) is 3.38. The predicted octanol–water partition coefficient (Wildman–Crippen LogP) is 1.18. The summed E-state index contributed by atoms with van der Waals surface area (Å²) in [4.78, 5) is 4.37. The number of hydrogen-bond donors (Lipinski definition) is 2. The Morgan fingerprint density at radius 1 is 1.33 bits per heavy atom. The molecular weight excluding hydrogens is 210 g/mol. The molecule has 0 atom stereocenters. The molecule has 1 heterocycles. The van der Waals surface area contributed by atoms with Gasteiger partial charge in [0.15, 0.2) is 0 Å². The van der Waals surface area contributed by atoms with Crippen molar-refractivity contribution in [3.63, 3.8) is 0 Å². The average molecular weight is 226 g/mol. The minimum absolute atomic E-state index is 0. The van der Waals surface area contributed by atoms with Gasteiger partial charge in [-0.1, -0.05) is 24.3 Å². The van der Waals surface area contributed by atoms with Gasteiger partial charge in [-0.15, -0.1) is 12.4 Å². The lowest BCUT2D eigenvalue weighted by Crippen LogP contribution is -2.19. The molecule has 1 aliphatic heterocycles. The highest BCUT2D eigenvalue weighted by molar-refractivity contribution is 5.99. The van der Waals surface area contributed by atoms with E-state index in [1.54, 1.807) is 0 Å². The molecule has 4 heteroatoms. The minimum atomic E-state index is 0. The number of halogens is 1. The Morgan fingerprint density at radius 2 is 2.07 bits per heavy atom. The van der Waals surface area contributed by atoms with E-state index in [0.29, 0.717) is 0 Å². The Kier molecular flexibility index (Phi) is 4.59. The molecular formula is C11H16ClN3. The first-order chi connectivity index (χ1) is 6.90. The van der Waals surface area contributed by atoms with Crippen LogP contribution in [0.4, 0.5) is 0 Å². The molecule has 0 saturated carbocycles. The van der Waals surface area contributed by atoms with Crippen LogP contribution in [-0.2, 0) is 6.54 Å². The smallest absolute Gasteiger partial charge is 0.128 e. The maximum absolute atomic E-state index is 4.37. The predicted molar refractivity (Wildman–Crippen MR) is 65.9 cm³/mol. The van der Waals surface area contributed by atoms with E-state index in [9.17, 15) is 0 Å². The first kappa shape index (κ1) is 12.0. The number of benzene rings is 1. The van der Waals surface area contributed by atoms with Crippen LogP contribution in [0.5, 0.6) is 0 Å². The summed E-state index contributed by atoms with van der Waals surface area (Å²) >= 11 is 0. The first-order valence-electron chi connectivity index (χ1n) is 4.92. The van der Waals surface area contributed by atoms with E-state index < -0.39 is 0 Å². The summed E-state index contributed by atoms with van der Waals surface area (Å²) in [7, 11) is 1.95. The van der Waals surface area contributed by atoms with Crippen molar-refractivity contribution in [3.05, 3.63) is 35.4 Å². The largest absolute Gasteiger partial charge is 0.368 e. The van der Waals surface area contributed by atoms with Gasteiger partial charge < -0.3 is 10.6 Å². The number of aliphatic imine (C=N–C) groups is 1. The van der Waals surface area contributed by atoms with E-state index in [-0.39, 0.29) is 12.4 Å². The third-order valence-corrected chi connectivity index (χ3v) is 2.28. The molecule has 0 bridgehead atoms. The van der Waals surface area contributed by atoms with Crippen molar-refractivity contribution in [1.82, 2.24) is 10.6 Å². The highest BCUT2D eigenvalue weighted by Crippen LogP contribution is 2.06. The molecule has 2 N–H and O–H groups in total. The van der Waals surface area contributed by atoms with Crippen molar-refractivity contribution in [2.75, 3.05) is 20.1 Å². The Morgan fingerprint density at radius 3 is 2.60 bits per heavy atom. The topological polar surface area (TPSA) is 36.4 Å². The zero-order valence-electron chi connectivity index (χ0n) is 8.79. The SMILES string of the molecule is CNCc1ccc(C2=NCCN2)cc1.Cl. The summed E-state index contributed by atoms with van der Waals surface area (Å²) in [6, 6.07) is 8.50. The summed E-state index contributed by atoms with van der Waals surface area (Å²) in [5, 5.41) is 6.39. The monoisotopic (exact) mass is 225 g/mol. The van der Waals surface area contributed by atoms with E-state index >= 15 is 0 Å². The zero-order valence-corrected chi connectivity index (χ0v) is 9.60. The van der Waals surface area contributed by atoms with Crippen LogP contribution in [0.25, 0.3) is 0 Å². The number of rotatable bonds is 3. The van der Waals surface area contributed by atoms with Crippen molar-refractivity contribution < 1.29 is 0 Å². The quantitative estimate of drug-likeness (QED) is 0.811. The third-order valence-electron chi connectivity index (χ3n) is 2.28. The number of nitrogens with one attached hydrogen (secondary N) is 2. The second kappa shape index (κ2) is 5.73. The van der Waals surface area contributed by atoms with Crippen LogP contribution >= 0.6 is 12.4 Å². The second-order valence-corrected chi connectivity index (χ2v) is 3.38. The highest BCUT2D eigenvalue weighted by atomic mass is 35.5. The van der Waals surface area contributed by atoms with Crippen molar-refractivity contribution in [2.24, 2.45) is 4.99 Å². The molecule has 0 spiro atoms. The highest BCUT2D eigenvalue weighted by Gasteiger charge is 2.06. The number of hydrogen-bond acceptors (Lipinski definition) is 3. The first-order valence-corrected chi connectivity index (χ1v) is 4.92. The molecule has 0 radical (unpaired) electrons. The fourth-order valence-electron chi connectivity index (χ4n) is 1.58. The Bertz CT molecular complexity index is 332. The Balaban J connectivity index is 0.00000112. The Labute approximate surface area is 96.4 Å². The molecule has 0 amide bonds. The normalized spacial score (nSPS) is 14.1. The zero-order chi connectivity index (χ0) is 9.80. The van der Waals surface area contributed by atoms with Gasteiger partial charge in [-0.25, -0.2) is 0 Å². The van der Waals surface area contributed by atoms with E-state index in [0.717, 1.165) is 25.5 Å². The van der Waals surface area contributed by atoms with Gasteiger partial charge in [-0.3, -0.25) is 4.99 Å². The molecule has 3 nitrogen and oxygen atoms in total. The van der Waals surface area contributed by atoms with E-state index in [2.05, 4.69) is 39.9 Å². The standard InChI is InChI=1S/C11H15N3.ClH/c1-12-8-9-2-4-10(5-3-9)11-13-6-7-14-11;/h2-5,12H,6-8H2,1H3,(H,13,14);1H. The minimum Gasteiger partial charge on any atom is -0.368 e. The van der Waals surface area contributed by atoms with Crippen molar-refractivity contribution in [1.29, 1.82) is 0 Å². The van der Waals surface area contributed by atoms with E-state index in [4.69, 9.17) is 0 Å². The fraction of sp³-hybridized carbons (Fsp3) is 0.364. The summed E-state index contributed by atoms with van der Waals surface area (Å²) in [5.74, 6) is 1.03. The van der Waals surface area contributed by atoms with Crippen molar-refractivity contribution in [3.8, 4) is 0 Å². The van der Waals surface area contributed by atoms with E-state index in [1.807, 2.05) is 7.05 Å². The number of nitrogens with zero attached hydrogens (tertiary/aromatic N) is 1. The van der Waals surface area contributed by atoms with Crippen LogP contribution in [0.1, 0.15) is 11.1 Å². The van der Waals surface area contributed by atoms with Crippen LogP contribution < -0.4 is 10.6 Å². The van der Waals surface area contributed by atoms with Gasteiger partial charge in [-0.2, -0.15) is 0 Å². The molecule has 1 aliphatic rings. The number of amidine groups is 1. The Hall–Kier alpha value is -1.06. The van der Waals surface area contributed by atoms with Gasteiger partial charge >= 0.3 is 0 Å². The van der Waals surface area contributed by atoms with Crippen LogP contribution in [0.2, 0.25) is 0 Å². The van der Waals surface area contributed by atoms with Gasteiger partial charge in [0, 0.05) is 18.7 Å².